The third-order valence-electron chi connectivity index (χ3n) is 2.08. The van der Waals surface area contributed by atoms with Gasteiger partial charge in [0.2, 0.25) is 6.54 Å². The predicted octanol–water partition coefficient (Wildman–Crippen LogP) is 3.10. The zero-order chi connectivity index (χ0) is 8.81. The second-order valence-corrected chi connectivity index (χ2v) is 2.86. The predicted molar refractivity (Wildman–Crippen MR) is 50.9 cm³/mol. The second kappa shape index (κ2) is 4.56. The molecule has 0 amide bonds. The average Bonchev–Trinajstić information content (AvgIpc) is 2.15. The Balaban J connectivity index is 2.75. The number of nitrogens with zero attached hydrogens (tertiary/aromatic N) is 1. The SMILES string of the molecule is [C-]#[N+]CC(CC)c1ccccc1. The highest BCUT2D eigenvalue weighted by Gasteiger charge is 2.10. The van der Waals surface area contributed by atoms with E-state index in [4.69, 9.17) is 6.57 Å². The topological polar surface area (TPSA) is 4.36 Å². The van der Waals surface area contributed by atoms with Gasteiger partial charge in [0.15, 0.2) is 0 Å². The number of rotatable bonds is 3. The molecule has 0 N–H and O–H groups in total. The summed E-state index contributed by atoms with van der Waals surface area (Å²) >= 11 is 0. The van der Waals surface area contributed by atoms with Gasteiger partial charge in [-0.15, -0.1) is 0 Å². The largest absolute Gasteiger partial charge is 0.316 e. The van der Waals surface area contributed by atoms with E-state index >= 15 is 0 Å². The van der Waals surface area contributed by atoms with Gasteiger partial charge in [-0.1, -0.05) is 37.3 Å². The monoisotopic (exact) mass is 159 g/mol. The summed E-state index contributed by atoms with van der Waals surface area (Å²) in [4.78, 5) is 3.43. The fourth-order valence-electron chi connectivity index (χ4n) is 1.31. The summed E-state index contributed by atoms with van der Waals surface area (Å²) in [5.74, 6) is 0.420. The van der Waals surface area contributed by atoms with E-state index < -0.39 is 0 Å². The van der Waals surface area contributed by atoms with E-state index in [2.05, 4.69) is 23.9 Å². The van der Waals surface area contributed by atoms with Gasteiger partial charge in [0.1, 0.15) is 0 Å². The van der Waals surface area contributed by atoms with Crippen molar-refractivity contribution < 1.29 is 0 Å². The van der Waals surface area contributed by atoms with Crippen LogP contribution in [0, 0.1) is 6.57 Å². The van der Waals surface area contributed by atoms with Crippen LogP contribution in [-0.2, 0) is 0 Å². The van der Waals surface area contributed by atoms with E-state index in [-0.39, 0.29) is 0 Å². The van der Waals surface area contributed by atoms with Crippen molar-refractivity contribution in [1.29, 1.82) is 0 Å². The highest BCUT2D eigenvalue weighted by molar-refractivity contribution is 5.20. The summed E-state index contributed by atoms with van der Waals surface area (Å²) < 4.78 is 0. The molecule has 0 bridgehead atoms. The Kier molecular flexibility index (Phi) is 3.35. The van der Waals surface area contributed by atoms with Crippen molar-refractivity contribution in [2.24, 2.45) is 0 Å². The van der Waals surface area contributed by atoms with Crippen molar-refractivity contribution in [1.82, 2.24) is 0 Å². The maximum atomic E-state index is 6.81. The normalized spacial score (nSPS) is 12.0. The lowest BCUT2D eigenvalue weighted by molar-refractivity contribution is 0.713. The standard InChI is InChI=1S/C11H13N/c1-3-10(9-12-2)11-7-5-4-6-8-11/h4-8,10H,3,9H2,1H3. The third kappa shape index (κ3) is 2.10. The Bertz CT molecular complexity index is 258. The molecule has 1 atom stereocenters. The van der Waals surface area contributed by atoms with E-state index in [1.165, 1.54) is 5.56 Å². The van der Waals surface area contributed by atoms with E-state index in [1.54, 1.807) is 0 Å². The summed E-state index contributed by atoms with van der Waals surface area (Å²) in [6, 6.07) is 10.3. The first-order chi connectivity index (χ1) is 5.88. The average molecular weight is 159 g/mol. The molecule has 1 rings (SSSR count). The van der Waals surface area contributed by atoms with Gasteiger partial charge in [-0.2, -0.15) is 0 Å². The quantitative estimate of drug-likeness (QED) is 0.597. The van der Waals surface area contributed by atoms with Crippen LogP contribution in [0.1, 0.15) is 24.8 Å². The summed E-state index contributed by atoms with van der Waals surface area (Å²) in [7, 11) is 0. The number of hydrogen-bond donors (Lipinski definition) is 0. The van der Waals surface area contributed by atoms with Gasteiger partial charge in [-0.25, -0.2) is 6.57 Å². The minimum Gasteiger partial charge on any atom is -0.316 e. The van der Waals surface area contributed by atoms with Gasteiger partial charge in [-0.05, 0) is 12.0 Å². The molecule has 0 spiro atoms. The molecule has 12 heavy (non-hydrogen) atoms. The first-order valence-electron chi connectivity index (χ1n) is 4.26. The van der Waals surface area contributed by atoms with Gasteiger partial charge in [0.05, 0.1) is 5.92 Å². The molecule has 0 aliphatic carbocycles. The minimum atomic E-state index is 0.420. The minimum absolute atomic E-state index is 0.420. The molecule has 0 saturated carbocycles. The van der Waals surface area contributed by atoms with Gasteiger partial charge >= 0.3 is 0 Å². The fourth-order valence-corrected chi connectivity index (χ4v) is 1.31. The second-order valence-electron chi connectivity index (χ2n) is 2.86. The molecule has 0 aliphatic rings. The first kappa shape index (κ1) is 8.80. The Hall–Kier alpha value is -1.29. The van der Waals surface area contributed by atoms with Crippen molar-refractivity contribution in [3.8, 4) is 0 Å². The number of benzene rings is 1. The Morgan fingerprint density at radius 1 is 1.33 bits per heavy atom. The summed E-state index contributed by atoms with van der Waals surface area (Å²) in [6.45, 7) is 9.55. The van der Waals surface area contributed by atoms with E-state index in [1.807, 2.05) is 18.2 Å². The van der Waals surface area contributed by atoms with Crippen LogP contribution in [0.25, 0.3) is 4.85 Å². The van der Waals surface area contributed by atoms with Crippen molar-refractivity contribution in [2.45, 2.75) is 19.3 Å². The van der Waals surface area contributed by atoms with Crippen LogP contribution in [0.15, 0.2) is 30.3 Å². The lowest BCUT2D eigenvalue weighted by Gasteiger charge is -2.07. The zero-order valence-electron chi connectivity index (χ0n) is 7.33. The Morgan fingerprint density at radius 3 is 2.50 bits per heavy atom. The third-order valence-corrected chi connectivity index (χ3v) is 2.08. The molecule has 1 nitrogen and oxygen atoms in total. The van der Waals surface area contributed by atoms with E-state index in [0.29, 0.717) is 12.5 Å². The van der Waals surface area contributed by atoms with Gasteiger partial charge in [0.25, 0.3) is 0 Å². The van der Waals surface area contributed by atoms with E-state index in [9.17, 15) is 0 Å². The lowest BCUT2D eigenvalue weighted by atomic mass is 9.97. The van der Waals surface area contributed by atoms with Gasteiger partial charge < -0.3 is 4.85 Å². The molecule has 1 unspecified atom stereocenters. The van der Waals surface area contributed by atoms with Gasteiger partial charge in [0, 0.05) is 0 Å². The van der Waals surface area contributed by atoms with Crippen LogP contribution in [0.5, 0.6) is 0 Å². The molecule has 0 radical (unpaired) electrons. The number of hydrogen-bond acceptors (Lipinski definition) is 0. The van der Waals surface area contributed by atoms with Crippen LogP contribution in [0.4, 0.5) is 0 Å². The molecular formula is C11H13N. The molecular weight excluding hydrogens is 146 g/mol. The van der Waals surface area contributed by atoms with Crippen molar-refractivity contribution in [2.75, 3.05) is 6.54 Å². The van der Waals surface area contributed by atoms with E-state index in [0.717, 1.165) is 6.42 Å². The summed E-state index contributed by atoms with van der Waals surface area (Å²) in [5.41, 5.74) is 1.29. The molecule has 0 fully saturated rings. The molecule has 0 saturated heterocycles. The molecule has 0 aliphatic heterocycles. The maximum absolute atomic E-state index is 6.81. The zero-order valence-corrected chi connectivity index (χ0v) is 7.33. The molecule has 1 aromatic carbocycles. The van der Waals surface area contributed by atoms with Crippen molar-refractivity contribution >= 4 is 0 Å². The van der Waals surface area contributed by atoms with Crippen LogP contribution < -0.4 is 0 Å². The highest BCUT2D eigenvalue weighted by Crippen LogP contribution is 2.18. The van der Waals surface area contributed by atoms with Crippen LogP contribution in [0.2, 0.25) is 0 Å². The lowest BCUT2D eigenvalue weighted by Crippen LogP contribution is -1.99. The van der Waals surface area contributed by atoms with Gasteiger partial charge in [-0.3, -0.25) is 0 Å². The highest BCUT2D eigenvalue weighted by atomic mass is 14.6. The molecule has 62 valence electrons. The summed E-state index contributed by atoms with van der Waals surface area (Å²) in [5, 5.41) is 0. The maximum Gasteiger partial charge on any atom is 0.221 e. The Morgan fingerprint density at radius 2 is 2.00 bits per heavy atom. The molecule has 0 heterocycles. The fraction of sp³-hybridized carbons (Fsp3) is 0.364. The first-order valence-corrected chi connectivity index (χ1v) is 4.26. The summed E-state index contributed by atoms with van der Waals surface area (Å²) in [6.07, 6.45) is 1.05. The van der Waals surface area contributed by atoms with Crippen LogP contribution >= 0.6 is 0 Å². The molecule has 1 aromatic rings. The smallest absolute Gasteiger partial charge is 0.221 e. The van der Waals surface area contributed by atoms with Crippen molar-refractivity contribution in [3.63, 3.8) is 0 Å². The Labute approximate surface area is 73.9 Å². The molecule has 0 aromatic heterocycles. The van der Waals surface area contributed by atoms with Crippen molar-refractivity contribution in [3.05, 3.63) is 47.3 Å². The van der Waals surface area contributed by atoms with Crippen LogP contribution in [-0.4, -0.2) is 6.54 Å². The molecule has 1 heteroatoms. The van der Waals surface area contributed by atoms with Crippen LogP contribution in [0.3, 0.4) is 0 Å².